The third-order valence-corrected chi connectivity index (χ3v) is 10.8. The van der Waals surface area contributed by atoms with Gasteiger partial charge in [-0.2, -0.15) is 0 Å². The van der Waals surface area contributed by atoms with Crippen molar-refractivity contribution in [1.82, 2.24) is 4.90 Å². The number of rotatable bonds is 14. The Labute approximate surface area is 278 Å². The molecule has 1 aliphatic rings. The summed E-state index contributed by atoms with van der Waals surface area (Å²) in [4.78, 5) is 2.49. The fourth-order valence-electron chi connectivity index (χ4n) is 6.18. The molecule has 0 amide bonds. The van der Waals surface area contributed by atoms with E-state index in [1.54, 1.807) is 24.3 Å². The van der Waals surface area contributed by atoms with Crippen molar-refractivity contribution in [2.24, 2.45) is 0 Å². The summed E-state index contributed by atoms with van der Waals surface area (Å²) < 4.78 is 49.0. The van der Waals surface area contributed by atoms with Gasteiger partial charge in [-0.15, -0.1) is 0 Å². The molecule has 0 radical (unpaired) electrons. The Hall–Kier alpha value is -4.11. The second-order valence-corrected chi connectivity index (χ2v) is 14.1. The molecule has 6 nitrogen and oxygen atoms in total. The lowest BCUT2D eigenvalue weighted by atomic mass is 9.94. The van der Waals surface area contributed by atoms with Crippen LogP contribution in [0.1, 0.15) is 22.3 Å². The Morgan fingerprint density at radius 2 is 0.957 bits per heavy atom. The first kappa shape index (κ1) is 32.8. The van der Waals surface area contributed by atoms with Crippen molar-refractivity contribution in [2.45, 2.75) is 54.8 Å². The van der Waals surface area contributed by atoms with E-state index in [0.717, 1.165) is 22.3 Å². The number of nitrogens with zero attached hydrogens (tertiary/aromatic N) is 1. The average Bonchev–Trinajstić information content (AvgIpc) is 3.13. The highest BCUT2D eigenvalue weighted by Crippen LogP contribution is 2.34. The number of likely N-dealkylation sites (tertiary alicyclic amines) is 1. The molecular weight excluding hydrogens is 607 g/mol. The molecule has 0 spiro atoms. The lowest BCUT2D eigenvalue weighted by Gasteiger charge is -2.48. The summed E-state index contributed by atoms with van der Waals surface area (Å²) in [5.41, 5.74) is 4.12. The minimum Gasteiger partial charge on any atom is -0.375 e. The highest BCUT2D eigenvalue weighted by atomic mass is 32.2. The van der Waals surface area contributed by atoms with Gasteiger partial charge in [0.2, 0.25) is 0 Å². The molecule has 0 bridgehead atoms. The van der Waals surface area contributed by atoms with E-state index in [1.807, 2.05) is 115 Å². The Kier molecular flexibility index (Phi) is 11.3. The first-order valence-electron chi connectivity index (χ1n) is 16.1. The van der Waals surface area contributed by atoms with E-state index in [2.05, 4.69) is 17.0 Å². The van der Waals surface area contributed by atoms with Gasteiger partial charge in [0.1, 0.15) is 17.5 Å². The van der Waals surface area contributed by atoms with E-state index >= 15 is 0 Å². The molecular formula is C40H41NO5S. The number of ether oxygens (including phenoxy) is 3. The first-order valence-corrected chi connectivity index (χ1v) is 17.6. The standard InChI is InChI=1S/C40H41NO5S/c42-47(43,36-24-14-5-15-25-36)38-27-41(26-32-16-6-1-7-17-32)37(31-44-28-33-18-8-2-9-19-33)39(45-29-34-20-10-3-11-21-34)40(38)46-30-35-22-12-4-13-23-35/h1-25,37-40H,26-31H2/t37-,38+,39+,40-/m0/s1. The molecule has 5 aromatic carbocycles. The number of sulfone groups is 1. The van der Waals surface area contributed by atoms with Gasteiger partial charge in [0.05, 0.1) is 37.4 Å². The van der Waals surface area contributed by atoms with Gasteiger partial charge in [0.15, 0.2) is 9.84 Å². The third kappa shape index (κ3) is 8.63. The van der Waals surface area contributed by atoms with Gasteiger partial charge in [0, 0.05) is 13.1 Å². The van der Waals surface area contributed by atoms with Crippen molar-refractivity contribution in [2.75, 3.05) is 13.2 Å². The number of hydrogen-bond donors (Lipinski definition) is 0. The molecule has 7 heteroatoms. The van der Waals surface area contributed by atoms with Crippen LogP contribution in [0.4, 0.5) is 0 Å². The quantitative estimate of drug-likeness (QED) is 0.128. The monoisotopic (exact) mass is 647 g/mol. The Morgan fingerprint density at radius 1 is 0.532 bits per heavy atom. The highest BCUT2D eigenvalue weighted by Gasteiger charge is 2.50. The molecule has 0 saturated carbocycles. The van der Waals surface area contributed by atoms with Gasteiger partial charge in [0.25, 0.3) is 0 Å². The van der Waals surface area contributed by atoms with Crippen molar-refractivity contribution in [3.63, 3.8) is 0 Å². The average molecular weight is 648 g/mol. The molecule has 242 valence electrons. The molecule has 0 unspecified atom stereocenters. The number of benzene rings is 5. The summed E-state index contributed by atoms with van der Waals surface area (Å²) in [5.74, 6) is 0. The zero-order valence-corrected chi connectivity index (χ0v) is 27.2. The number of piperidine rings is 1. The van der Waals surface area contributed by atoms with Crippen LogP contribution in [0.3, 0.4) is 0 Å². The molecule has 6 rings (SSSR count). The maximum atomic E-state index is 14.5. The molecule has 47 heavy (non-hydrogen) atoms. The molecule has 1 saturated heterocycles. The highest BCUT2D eigenvalue weighted by molar-refractivity contribution is 7.92. The number of hydrogen-bond acceptors (Lipinski definition) is 6. The largest absolute Gasteiger partial charge is 0.375 e. The SMILES string of the molecule is O=S(=O)(c1ccccc1)[C@@H]1CN(Cc2ccccc2)[C@@H](COCc2ccccc2)[C@@H](OCc2ccccc2)[C@H]1OCc1ccccc1. The van der Waals surface area contributed by atoms with Crippen LogP contribution in [0.25, 0.3) is 0 Å². The van der Waals surface area contributed by atoms with E-state index in [4.69, 9.17) is 14.2 Å². The van der Waals surface area contributed by atoms with E-state index < -0.39 is 27.3 Å². The molecule has 0 aliphatic carbocycles. The minimum absolute atomic E-state index is 0.258. The van der Waals surface area contributed by atoms with Crippen molar-refractivity contribution in [3.05, 3.63) is 174 Å². The second-order valence-electron chi connectivity index (χ2n) is 11.9. The fraction of sp³-hybridized carbons (Fsp3) is 0.250. The topological polar surface area (TPSA) is 65.1 Å². The molecule has 1 aliphatic heterocycles. The van der Waals surface area contributed by atoms with Gasteiger partial charge >= 0.3 is 0 Å². The summed E-state index contributed by atoms with van der Waals surface area (Å²) in [7, 11) is -3.83. The van der Waals surface area contributed by atoms with E-state index in [1.165, 1.54) is 0 Å². The van der Waals surface area contributed by atoms with E-state index in [0.29, 0.717) is 26.4 Å². The fourth-order valence-corrected chi connectivity index (χ4v) is 8.04. The van der Waals surface area contributed by atoms with Crippen molar-refractivity contribution in [1.29, 1.82) is 0 Å². The van der Waals surface area contributed by atoms with Crippen LogP contribution in [0.15, 0.2) is 157 Å². The zero-order valence-electron chi connectivity index (χ0n) is 26.4. The maximum absolute atomic E-state index is 14.5. The predicted octanol–water partition coefficient (Wildman–Crippen LogP) is 7.10. The van der Waals surface area contributed by atoms with Crippen LogP contribution in [-0.2, 0) is 50.4 Å². The Balaban J connectivity index is 1.39. The second kappa shape index (κ2) is 16.1. The van der Waals surface area contributed by atoms with Crippen LogP contribution in [-0.4, -0.2) is 50.0 Å². The summed E-state index contributed by atoms with van der Waals surface area (Å²) in [6, 6.07) is 48.5. The summed E-state index contributed by atoms with van der Waals surface area (Å²) >= 11 is 0. The first-order chi connectivity index (χ1) is 23.1. The smallest absolute Gasteiger partial charge is 0.185 e. The van der Waals surface area contributed by atoms with Crippen LogP contribution in [0, 0.1) is 0 Å². The lowest BCUT2D eigenvalue weighted by Crippen LogP contribution is -2.65. The summed E-state index contributed by atoms with van der Waals surface area (Å²) in [5, 5.41) is -0.886. The lowest BCUT2D eigenvalue weighted by molar-refractivity contribution is -0.157. The Bertz CT molecular complexity index is 1740. The van der Waals surface area contributed by atoms with Gasteiger partial charge < -0.3 is 14.2 Å². The molecule has 1 fully saturated rings. The van der Waals surface area contributed by atoms with Gasteiger partial charge in [-0.3, -0.25) is 4.90 Å². The predicted molar refractivity (Wildman–Crippen MR) is 184 cm³/mol. The third-order valence-electron chi connectivity index (χ3n) is 8.62. The van der Waals surface area contributed by atoms with Crippen molar-refractivity contribution < 1.29 is 22.6 Å². The van der Waals surface area contributed by atoms with Crippen LogP contribution in [0.2, 0.25) is 0 Å². The zero-order chi connectivity index (χ0) is 32.3. The van der Waals surface area contributed by atoms with Crippen molar-refractivity contribution >= 4 is 9.84 Å². The Morgan fingerprint density at radius 3 is 1.47 bits per heavy atom. The molecule has 0 N–H and O–H groups in total. The minimum atomic E-state index is -3.83. The van der Waals surface area contributed by atoms with Crippen LogP contribution in [0.5, 0.6) is 0 Å². The van der Waals surface area contributed by atoms with Crippen LogP contribution < -0.4 is 0 Å². The van der Waals surface area contributed by atoms with Gasteiger partial charge in [-0.25, -0.2) is 8.42 Å². The summed E-state index contributed by atoms with van der Waals surface area (Å²) in [6.07, 6.45) is -1.38. The summed E-state index contributed by atoms with van der Waals surface area (Å²) in [6.45, 7) is 2.14. The molecule has 4 atom stereocenters. The maximum Gasteiger partial charge on any atom is 0.185 e. The normalized spacial score (nSPS) is 20.2. The molecule has 1 heterocycles. The van der Waals surface area contributed by atoms with Gasteiger partial charge in [-0.05, 0) is 34.4 Å². The van der Waals surface area contributed by atoms with E-state index in [9.17, 15) is 8.42 Å². The van der Waals surface area contributed by atoms with E-state index in [-0.39, 0.29) is 24.1 Å². The molecule has 0 aromatic heterocycles. The van der Waals surface area contributed by atoms with Crippen molar-refractivity contribution in [3.8, 4) is 0 Å². The van der Waals surface area contributed by atoms with Gasteiger partial charge in [-0.1, -0.05) is 140 Å². The molecule has 5 aromatic rings. The van der Waals surface area contributed by atoms with Crippen LogP contribution >= 0.6 is 0 Å².